The third-order valence-corrected chi connectivity index (χ3v) is 4.92. The molecule has 7 heteroatoms. The number of rotatable bonds is 3. The van der Waals surface area contributed by atoms with Crippen molar-refractivity contribution in [2.24, 2.45) is 5.92 Å². The minimum Gasteiger partial charge on any atom is -0.328 e. The molecule has 0 saturated carbocycles. The van der Waals surface area contributed by atoms with E-state index in [-0.39, 0.29) is 23.8 Å². The van der Waals surface area contributed by atoms with Crippen molar-refractivity contribution in [1.29, 1.82) is 0 Å². The molecule has 7 nitrogen and oxygen atoms in total. The average Bonchev–Trinajstić information content (AvgIpc) is 3.07. The molecule has 2 aromatic heterocycles. The monoisotopic (exact) mass is 326 g/mol. The van der Waals surface area contributed by atoms with Gasteiger partial charge in [0.2, 0.25) is 5.82 Å². The van der Waals surface area contributed by atoms with Crippen LogP contribution in [0, 0.1) is 5.92 Å². The summed E-state index contributed by atoms with van der Waals surface area (Å²) in [5.74, 6) is 2.80. The first-order valence-corrected chi connectivity index (χ1v) is 8.64. The summed E-state index contributed by atoms with van der Waals surface area (Å²) in [6.07, 6.45) is 6.95. The minimum atomic E-state index is -0.0628. The molecule has 4 heterocycles. The van der Waals surface area contributed by atoms with Crippen molar-refractivity contribution < 1.29 is 4.79 Å². The van der Waals surface area contributed by atoms with E-state index in [1.165, 1.54) is 0 Å². The maximum atomic E-state index is 12.9. The molecule has 0 aliphatic carbocycles. The molecular weight excluding hydrogens is 304 g/mol. The molecule has 0 spiro atoms. The quantitative estimate of drug-likeness (QED) is 0.854. The molecule has 0 aromatic carbocycles. The van der Waals surface area contributed by atoms with Crippen LogP contribution in [0.15, 0.2) is 18.5 Å². The van der Waals surface area contributed by atoms with Crippen molar-refractivity contribution in [3.8, 4) is 0 Å². The summed E-state index contributed by atoms with van der Waals surface area (Å²) in [7, 11) is 0. The van der Waals surface area contributed by atoms with Gasteiger partial charge in [0.05, 0.1) is 6.04 Å². The highest BCUT2D eigenvalue weighted by Crippen LogP contribution is 2.32. The van der Waals surface area contributed by atoms with E-state index in [4.69, 9.17) is 0 Å². The van der Waals surface area contributed by atoms with E-state index >= 15 is 0 Å². The highest BCUT2D eigenvalue weighted by atomic mass is 16.2. The third kappa shape index (κ3) is 2.57. The largest absolute Gasteiger partial charge is 0.328 e. The van der Waals surface area contributed by atoms with E-state index in [2.05, 4.69) is 38.6 Å². The third-order valence-electron chi connectivity index (χ3n) is 4.92. The molecule has 2 aliphatic rings. The summed E-state index contributed by atoms with van der Waals surface area (Å²) >= 11 is 0. The molecule has 2 atom stereocenters. The van der Waals surface area contributed by atoms with Crippen LogP contribution in [0.4, 0.5) is 0 Å². The highest BCUT2D eigenvalue weighted by Gasteiger charge is 2.42. The van der Waals surface area contributed by atoms with Crippen LogP contribution in [0.25, 0.3) is 0 Å². The molecule has 126 valence electrons. The summed E-state index contributed by atoms with van der Waals surface area (Å²) in [6.45, 7) is 5.15. The molecule has 2 aromatic rings. The van der Waals surface area contributed by atoms with Gasteiger partial charge in [0.1, 0.15) is 11.6 Å². The first kappa shape index (κ1) is 15.2. The predicted octanol–water partition coefficient (Wildman–Crippen LogP) is 1.50. The van der Waals surface area contributed by atoms with Crippen LogP contribution in [0.2, 0.25) is 0 Å². The van der Waals surface area contributed by atoms with E-state index < -0.39 is 0 Å². The normalized spacial score (nSPS) is 22.5. The zero-order chi connectivity index (χ0) is 16.7. The maximum absolute atomic E-state index is 12.9. The Morgan fingerprint density at radius 3 is 2.71 bits per heavy atom. The van der Waals surface area contributed by atoms with E-state index in [0.717, 1.165) is 43.9 Å². The van der Waals surface area contributed by atoms with Crippen molar-refractivity contribution >= 4 is 5.91 Å². The molecule has 2 bridgehead atoms. The standard InChI is InChI=1S/C17H22N6O/c1-11(2)8-14-20-21-15-9-12-4-5-13(10-22(14)15)23(12)17(24)16-18-6-3-7-19-16/h3,6-7,11-13H,4-5,8-10H2,1-2H3. The number of aromatic nitrogens is 5. The van der Waals surface area contributed by atoms with Crippen molar-refractivity contribution in [3.05, 3.63) is 35.9 Å². The van der Waals surface area contributed by atoms with Gasteiger partial charge in [-0.1, -0.05) is 13.8 Å². The van der Waals surface area contributed by atoms with E-state index in [0.29, 0.717) is 5.92 Å². The summed E-state index contributed by atoms with van der Waals surface area (Å²) in [5.41, 5.74) is 0. The van der Waals surface area contributed by atoms with Gasteiger partial charge in [0.25, 0.3) is 5.91 Å². The first-order chi connectivity index (χ1) is 11.6. The summed E-state index contributed by atoms with van der Waals surface area (Å²) < 4.78 is 2.23. The van der Waals surface area contributed by atoms with Crippen LogP contribution in [-0.2, 0) is 19.4 Å². The van der Waals surface area contributed by atoms with Crippen molar-refractivity contribution in [3.63, 3.8) is 0 Å². The molecule has 24 heavy (non-hydrogen) atoms. The fourth-order valence-electron chi connectivity index (χ4n) is 3.87. The number of amides is 1. The van der Waals surface area contributed by atoms with Gasteiger partial charge in [-0.05, 0) is 24.8 Å². The molecule has 4 rings (SSSR count). The van der Waals surface area contributed by atoms with Gasteiger partial charge >= 0.3 is 0 Å². The number of hydrogen-bond donors (Lipinski definition) is 0. The van der Waals surface area contributed by atoms with Crippen LogP contribution < -0.4 is 0 Å². The summed E-state index contributed by atoms with van der Waals surface area (Å²) in [6, 6.07) is 2.07. The van der Waals surface area contributed by atoms with Crippen molar-refractivity contribution in [1.82, 2.24) is 29.6 Å². The Labute approximate surface area is 141 Å². The zero-order valence-electron chi connectivity index (χ0n) is 14.1. The van der Waals surface area contributed by atoms with E-state index in [1.807, 2.05) is 4.90 Å². The van der Waals surface area contributed by atoms with E-state index in [1.54, 1.807) is 18.5 Å². The Morgan fingerprint density at radius 2 is 1.96 bits per heavy atom. The summed E-state index contributed by atoms with van der Waals surface area (Å²) in [4.78, 5) is 23.2. The molecule has 0 radical (unpaired) electrons. The van der Waals surface area contributed by atoms with Crippen molar-refractivity contribution in [2.45, 2.75) is 58.2 Å². The highest BCUT2D eigenvalue weighted by molar-refractivity contribution is 5.91. The lowest BCUT2D eigenvalue weighted by Gasteiger charge is -2.27. The Bertz CT molecular complexity index is 741. The van der Waals surface area contributed by atoms with Crippen LogP contribution in [0.5, 0.6) is 0 Å². The smallest absolute Gasteiger partial charge is 0.292 e. The second-order valence-corrected chi connectivity index (χ2v) is 7.11. The van der Waals surface area contributed by atoms with Gasteiger partial charge in [-0.2, -0.15) is 0 Å². The second-order valence-electron chi connectivity index (χ2n) is 7.11. The Hall–Kier alpha value is -2.31. The predicted molar refractivity (Wildman–Crippen MR) is 87.3 cm³/mol. The average molecular weight is 326 g/mol. The van der Waals surface area contributed by atoms with Crippen molar-refractivity contribution in [2.75, 3.05) is 0 Å². The Kier molecular flexibility index (Phi) is 3.78. The number of fused-ring (bicyclic) bond motifs is 3. The molecule has 1 fully saturated rings. The zero-order valence-corrected chi connectivity index (χ0v) is 14.1. The lowest BCUT2D eigenvalue weighted by atomic mass is 10.1. The fraction of sp³-hybridized carbons (Fsp3) is 0.588. The number of carbonyl (C=O) groups excluding carboxylic acids is 1. The molecule has 2 aliphatic heterocycles. The maximum Gasteiger partial charge on any atom is 0.292 e. The molecule has 1 saturated heterocycles. The van der Waals surface area contributed by atoms with Crippen LogP contribution >= 0.6 is 0 Å². The lowest BCUT2D eigenvalue weighted by Crippen LogP contribution is -2.42. The van der Waals surface area contributed by atoms with Gasteiger partial charge in [-0.25, -0.2) is 9.97 Å². The SMILES string of the molecule is CC(C)Cc1nnc2n1CC1CCC(C2)N1C(=O)c1ncccn1. The first-order valence-electron chi connectivity index (χ1n) is 8.64. The minimum absolute atomic E-state index is 0.0628. The van der Waals surface area contributed by atoms with Gasteiger partial charge in [-0.15, -0.1) is 10.2 Å². The van der Waals surface area contributed by atoms with Gasteiger partial charge in [-0.3, -0.25) is 4.79 Å². The molecule has 0 N–H and O–H groups in total. The molecular formula is C17H22N6O. The number of nitrogens with zero attached hydrogens (tertiary/aromatic N) is 6. The summed E-state index contributed by atoms with van der Waals surface area (Å²) in [5, 5.41) is 8.79. The Balaban J connectivity index is 1.63. The molecule has 1 amide bonds. The van der Waals surface area contributed by atoms with Crippen LogP contribution in [0.1, 0.15) is 49.0 Å². The molecule has 2 unspecified atom stereocenters. The van der Waals surface area contributed by atoms with Crippen LogP contribution in [0.3, 0.4) is 0 Å². The van der Waals surface area contributed by atoms with Gasteiger partial charge in [0, 0.05) is 37.8 Å². The Morgan fingerprint density at radius 1 is 1.21 bits per heavy atom. The number of carbonyl (C=O) groups is 1. The van der Waals surface area contributed by atoms with Gasteiger partial charge < -0.3 is 9.47 Å². The lowest BCUT2D eigenvalue weighted by molar-refractivity contribution is 0.0652. The van der Waals surface area contributed by atoms with E-state index in [9.17, 15) is 4.79 Å². The number of hydrogen-bond acceptors (Lipinski definition) is 5. The van der Waals surface area contributed by atoms with Crippen LogP contribution in [-0.4, -0.2) is 47.6 Å². The fourth-order valence-corrected chi connectivity index (χ4v) is 3.87. The second kappa shape index (κ2) is 5.96. The van der Waals surface area contributed by atoms with Gasteiger partial charge in [0.15, 0.2) is 0 Å². The topological polar surface area (TPSA) is 76.8 Å².